The first kappa shape index (κ1) is 14.7. The summed E-state index contributed by atoms with van der Waals surface area (Å²) in [4.78, 5) is 13.3. The third kappa shape index (κ3) is 4.97. The van der Waals surface area contributed by atoms with Crippen molar-refractivity contribution >= 4 is 11.7 Å². The van der Waals surface area contributed by atoms with Gasteiger partial charge in [0.2, 0.25) is 5.91 Å². The number of hydrogen-bond donors (Lipinski definition) is 3. The Morgan fingerprint density at radius 1 is 1.50 bits per heavy atom. The molecule has 0 rings (SSSR count). The van der Waals surface area contributed by atoms with Gasteiger partial charge in [0, 0.05) is 25.6 Å². The van der Waals surface area contributed by atoms with Crippen LogP contribution < -0.4 is 11.1 Å². The van der Waals surface area contributed by atoms with Gasteiger partial charge in [-0.3, -0.25) is 4.79 Å². The van der Waals surface area contributed by atoms with E-state index in [1.807, 2.05) is 20.8 Å². The Morgan fingerprint density at radius 2 is 2.06 bits per heavy atom. The molecule has 1 unspecified atom stereocenters. The topological polar surface area (TPSA) is 91.0 Å². The Morgan fingerprint density at radius 3 is 2.50 bits per heavy atom. The molecule has 0 bridgehead atoms. The minimum absolute atomic E-state index is 0.0664. The highest BCUT2D eigenvalue weighted by Crippen LogP contribution is 1.92. The maximum absolute atomic E-state index is 11.6. The molecule has 1 amide bonds. The summed E-state index contributed by atoms with van der Waals surface area (Å²) in [6.45, 7) is 7.94. The molecule has 0 aromatic rings. The maximum Gasteiger partial charge on any atom is 0.236 e. The lowest BCUT2D eigenvalue weighted by Crippen LogP contribution is -2.40. The van der Waals surface area contributed by atoms with Gasteiger partial charge in [-0.15, -0.1) is 0 Å². The number of amides is 1. The Balaban J connectivity index is 3.86. The summed E-state index contributed by atoms with van der Waals surface area (Å²) in [5, 5.41) is 14.3. The van der Waals surface area contributed by atoms with Crippen LogP contribution in [0.15, 0.2) is 5.16 Å². The van der Waals surface area contributed by atoms with Crippen molar-refractivity contribution in [3.63, 3.8) is 0 Å². The molecule has 94 valence electrons. The van der Waals surface area contributed by atoms with Gasteiger partial charge < -0.3 is 21.2 Å². The van der Waals surface area contributed by atoms with Crippen molar-refractivity contribution in [2.24, 2.45) is 16.8 Å². The van der Waals surface area contributed by atoms with Gasteiger partial charge in [0.15, 0.2) is 0 Å². The second-order valence-electron chi connectivity index (χ2n) is 3.62. The first-order valence-electron chi connectivity index (χ1n) is 5.52. The molecule has 6 nitrogen and oxygen atoms in total. The predicted octanol–water partition coefficient (Wildman–Crippen LogP) is -0.173. The Labute approximate surface area is 96.5 Å². The summed E-state index contributed by atoms with van der Waals surface area (Å²) in [5.74, 6) is 0.147. The van der Waals surface area contributed by atoms with E-state index in [1.54, 1.807) is 4.90 Å². The van der Waals surface area contributed by atoms with Crippen molar-refractivity contribution < 1.29 is 10.0 Å². The van der Waals surface area contributed by atoms with Crippen LogP contribution in [0.5, 0.6) is 0 Å². The van der Waals surface area contributed by atoms with E-state index in [4.69, 9.17) is 10.9 Å². The molecule has 0 heterocycles. The second kappa shape index (κ2) is 7.92. The van der Waals surface area contributed by atoms with Crippen LogP contribution in [0.2, 0.25) is 0 Å². The van der Waals surface area contributed by atoms with E-state index < -0.39 is 0 Å². The molecule has 0 aliphatic heterocycles. The molecule has 0 spiro atoms. The molecule has 0 aromatic heterocycles. The maximum atomic E-state index is 11.6. The van der Waals surface area contributed by atoms with Gasteiger partial charge in [-0.25, -0.2) is 0 Å². The largest absolute Gasteiger partial charge is 0.409 e. The number of likely N-dealkylation sites (N-methyl/N-ethyl adjacent to an activating group) is 1. The fourth-order valence-electron chi connectivity index (χ4n) is 1.29. The van der Waals surface area contributed by atoms with Crippen molar-refractivity contribution in [3.8, 4) is 0 Å². The summed E-state index contributed by atoms with van der Waals surface area (Å²) >= 11 is 0. The minimum Gasteiger partial charge on any atom is -0.409 e. The van der Waals surface area contributed by atoms with Crippen molar-refractivity contribution in [1.29, 1.82) is 0 Å². The molecule has 0 aromatic carbocycles. The fourth-order valence-corrected chi connectivity index (χ4v) is 1.29. The summed E-state index contributed by atoms with van der Waals surface area (Å²) < 4.78 is 0. The molecule has 0 aliphatic carbocycles. The van der Waals surface area contributed by atoms with Gasteiger partial charge in [-0.1, -0.05) is 12.1 Å². The smallest absolute Gasteiger partial charge is 0.236 e. The third-order valence-electron chi connectivity index (χ3n) is 2.46. The molecule has 6 heteroatoms. The van der Waals surface area contributed by atoms with Gasteiger partial charge in [0.1, 0.15) is 5.84 Å². The van der Waals surface area contributed by atoms with Gasteiger partial charge in [0.25, 0.3) is 0 Å². The zero-order valence-corrected chi connectivity index (χ0v) is 10.2. The van der Waals surface area contributed by atoms with E-state index in [0.29, 0.717) is 19.6 Å². The molecular formula is C10H22N4O2. The Bertz CT molecular complexity index is 239. The Kier molecular flexibility index (Phi) is 7.28. The summed E-state index contributed by atoms with van der Waals surface area (Å²) in [7, 11) is 0. The number of carbonyl (C=O) groups excluding carboxylic acids is 1. The van der Waals surface area contributed by atoms with Crippen LogP contribution in [0, 0.1) is 5.92 Å². The molecule has 0 saturated heterocycles. The number of oxime groups is 1. The summed E-state index contributed by atoms with van der Waals surface area (Å²) in [6, 6.07) is 0. The quantitative estimate of drug-likeness (QED) is 0.245. The first-order chi connectivity index (χ1) is 7.56. The molecule has 16 heavy (non-hydrogen) atoms. The highest BCUT2D eigenvalue weighted by Gasteiger charge is 2.11. The lowest BCUT2D eigenvalue weighted by molar-refractivity contribution is -0.129. The number of carbonyl (C=O) groups is 1. The van der Waals surface area contributed by atoms with E-state index in [9.17, 15) is 4.79 Å². The number of amidine groups is 1. The fraction of sp³-hybridized carbons (Fsp3) is 0.800. The normalized spacial score (nSPS) is 13.6. The SMILES string of the molecule is CCN(CC)C(=O)CNCC(C)C(N)=NO. The van der Waals surface area contributed by atoms with E-state index >= 15 is 0 Å². The van der Waals surface area contributed by atoms with Crippen LogP contribution in [0.3, 0.4) is 0 Å². The predicted molar refractivity (Wildman–Crippen MR) is 63.4 cm³/mol. The van der Waals surface area contributed by atoms with Gasteiger partial charge in [-0.05, 0) is 13.8 Å². The monoisotopic (exact) mass is 230 g/mol. The number of nitrogens with two attached hydrogens (primary N) is 1. The minimum atomic E-state index is -0.0884. The zero-order valence-electron chi connectivity index (χ0n) is 10.2. The zero-order chi connectivity index (χ0) is 12.6. The first-order valence-corrected chi connectivity index (χ1v) is 5.52. The van der Waals surface area contributed by atoms with Crippen LogP contribution >= 0.6 is 0 Å². The van der Waals surface area contributed by atoms with Crippen molar-refractivity contribution in [3.05, 3.63) is 0 Å². The standard InChI is InChI=1S/C10H22N4O2/c1-4-14(5-2)9(15)7-12-6-8(3)10(11)13-16/h8,12,16H,4-7H2,1-3H3,(H2,11,13). The highest BCUT2D eigenvalue weighted by molar-refractivity contribution is 5.82. The van der Waals surface area contributed by atoms with Crippen LogP contribution in [-0.2, 0) is 4.79 Å². The number of nitrogens with zero attached hydrogens (tertiary/aromatic N) is 2. The lowest BCUT2D eigenvalue weighted by atomic mass is 10.1. The summed E-state index contributed by atoms with van der Waals surface area (Å²) in [5.41, 5.74) is 5.41. The van der Waals surface area contributed by atoms with Gasteiger partial charge >= 0.3 is 0 Å². The second-order valence-corrected chi connectivity index (χ2v) is 3.62. The molecule has 1 atom stereocenters. The van der Waals surface area contributed by atoms with Gasteiger partial charge in [-0.2, -0.15) is 0 Å². The van der Waals surface area contributed by atoms with Crippen molar-refractivity contribution in [1.82, 2.24) is 10.2 Å². The van der Waals surface area contributed by atoms with E-state index in [-0.39, 0.29) is 24.2 Å². The van der Waals surface area contributed by atoms with Crippen LogP contribution in [0.25, 0.3) is 0 Å². The van der Waals surface area contributed by atoms with Crippen LogP contribution in [0.4, 0.5) is 0 Å². The average Bonchev–Trinajstić information content (AvgIpc) is 2.29. The molecule has 0 saturated carbocycles. The molecule has 0 radical (unpaired) electrons. The van der Waals surface area contributed by atoms with Crippen molar-refractivity contribution in [2.75, 3.05) is 26.2 Å². The third-order valence-corrected chi connectivity index (χ3v) is 2.46. The highest BCUT2D eigenvalue weighted by atomic mass is 16.4. The van der Waals surface area contributed by atoms with Crippen molar-refractivity contribution in [2.45, 2.75) is 20.8 Å². The van der Waals surface area contributed by atoms with E-state index in [0.717, 1.165) is 0 Å². The molecular weight excluding hydrogens is 208 g/mol. The van der Waals surface area contributed by atoms with Crippen LogP contribution in [-0.4, -0.2) is 48.0 Å². The van der Waals surface area contributed by atoms with E-state index in [1.165, 1.54) is 0 Å². The molecule has 0 fully saturated rings. The number of hydrogen-bond acceptors (Lipinski definition) is 4. The van der Waals surface area contributed by atoms with Gasteiger partial charge in [0.05, 0.1) is 6.54 Å². The lowest BCUT2D eigenvalue weighted by Gasteiger charge is -2.19. The summed E-state index contributed by atoms with van der Waals surface area (Å²) in [6.07, 6.45) is 0. The Hall–Kier alpha value is -1.30. The molecule has 4 N–H and O–H groups in total. The number of nitrogens with one attached hydrogen (secondary N) is 1. The number of rotatable bonds is 7. The molecule has 0 aliphatic rings. The van der Waals surface area contributed by atoms with E-state index in [2.05, 4.69) is 10.5 Å². The van der Waals surface area contributed by atoms with Crippen LogP contribution in [0.1, 0.15) is 20.8 Å². The average molecular weight is 230 g/mol.